The molecule has 1 aromatic carbocycles. The number of anilines is 2. The summed E-state index contributed by atoms with van der Waals surface area (Å²) in [6.45, 7) is 8.75. The Morgan fingerprint density at radius 2 is 2.05 bits per heavy atom. The van der Waals surface area contributed by atoms with Gasteiger partial charge in [0.1, 0.15) is 0 Å². The number of nitrogens with zero attached hydrogens (tertiary/aromatic N) is 2. The fourth-order valence-corrected chi connectivity index (χ4v) is 2.34. The van der Waals surface area contributed by atoms with E-state index >= 15 is 0 Å². The zero-order chi connectivity index (χ0) is 13.8. The fraction of sp³-hybridized carbons (Fsp3) is 0.438. The molecule has 0 radical (unpaired) electrons. The standard InChI is InChI=1S/C16H23N3/c1-4-12(3)11-19(5-2)15-9-8-14(17)13-7-6-10-18-16(13)15/h6-10,12H,4-5,11,17H2,1-3H3. The van der Waals surface area contributed by atoms with E-state index in [2.05, 4.69) is 36.7 Å². The van der Waals surface area contributed by atoms with Crippen molar-refractivity contribution < 1.29 is 0 Å². The molecule has 0 aliphatic rings. The zero-order valence-corrected chi connectivity index (χ0v) is 12.1. The van der Waals surface area contributed by atoms with E-state index in [-0.39, 0.29) is 0 Å². The van der Waals surface area contributed by atoms with Gasteiger partial charge in [-0.25, -0.2) is 0 Å². The predicted molar refractivity (Wildman–Crippen MR) is 83.5 cm³/mol. The Morgan fingerprint density at radius 3 is 2.74 bits per heavy atom. The van der Waals surface area contributed by atoms with Crippen LogP contribution >= 0.6 is 0 Å². The number of pyridine rings is 1. The Morgan fingerprint density at radius 1 is 1.26 bits per heavy atom. The summed E-state index contributed by atoms with van der Waals surface area (Å²) < 4.78 is 0. The normalized spacial score (nSPS) is 12.6. The van der Waals surface area contributed by atoms with Gasteiger partial charge >= 0.3 is 0 Å². The van der Waals surface area contributed by atoms with Gasteiger partial charge in [-0.2, -0.15) is 0 Å². The summed E-state index contributed by atoms with van der Waals surface area (Å²) in [6, 6.07) is 8.06. The third-order valence-corrected chi connectivity index (χ3v) is 3.73. The number of hydrogen-bond donors (Lipinski definition) is 1. The highest BCUT2D eigenvalue weighted by Crippen LogP contribution is 2.29. The maximum absolute atomic E-state index is 6.04. The monoisotopic (exact) mass is 257 g/mol. The third kappa shape index (κ3) is 2.80. The van der Waals surface area contributed by atoms with Crippen molar-refractivity contribution in [3.8, 4) is 0 Å². The van der Waals surface area contributed by atoms with Gasteiger partial charge in [0, 0.05) is 30.4 Å². The summed E-state index contributed by atoms with van der Waals surface area (Å²) in [4.78, 5) is 6.91. The number of aromatic nitrogens is 1. The van der Waals surface area contributed by atoms with Gasteiger partial charge < -0.3 is 10.6 Å². The molecule has 0 saturated heterocycles. The number of fused-ring (bicyclic) bond motifs is 1. The lowest BCUT2D eigenvalue weighted by Gasteiger charge is -2.27. The minimum Gasteiger partial charge on any atom is -0.398 e. The molecule has 1 atom stereocenters. The molecule has 0 aliphatic heterocycles. The van der Waals surface area contributed by atoms with Crippen molar-refractivity contribution >= 4 is 22.3 Å². The van der Waals surface area contributed by atoms with Crippen molar-refractivity contribution in [3.63, 3.8) is 0 Å². The summed E-state index contributed by atoms with van der Waals surface area (Å²) in [5, 5.41) is 1.04. The van der Waals surface area contributed by atoms with E-state index in [9.17, 15) is 0 Å². The van der Waals surface area contributed by atoms with E-state index in [1.54, 1.807) is 0 Å². The average Bonchev–Trinajstić information content (AvgIpc) is 2.45. The molecule has 3 nitrogen and oxygen atoms in total. The van der Waals surface area contributed by atoms with Crippen LogP contribution in [0.3, 0.4) is 0 Å². The highest BCUT2D eigenvalue weighted by molar-refractivity contribution is 5.98. The summed E-state index contributed by atoms with van der Waals surface area (Å²) in [5.74, 6) is 0.677. The third-order valence-electron chi connectivity index (χ3n) is 3.73. The number of benzene rings is 1. The molecule has 1 unspecified atom stereocenters. The smallest absolute Gasteiger partial charge is 0.0955 e. The van der Waals surface area contributed by atoms with E-state index in [0.29, 0.717) is 5.92 Å². The highest BCUT2D eigenvalue weighted by atomic mass is 15.1. The van der Waals surface area contributed by atoms with Crippen molar-refractivity contribution in [3.05, 3.63) is 30.5 Å². The van der Waals surface area contributed by atoms with Crippen LogP contribution in [0.25, 0.3) is 10.9 Å². The van der Waals surface area contributed by atoms with Gasteiger partial charge in [-0.15, -0.1) is 0 Å². The van der Waals surface area contributed by atoms with Crippen molar-refractivity contribution in [1.29, 1.82) is 0 Å². The van der Waals surface area contributed by atoms with Gasteiger partial charge in [0.25, 0.3) is 0 Å². The lowest BCUT2D eigenvalue weighted by Crippen LogP contribution is -2.28. The highest BCUT2D eigenvalue weighted by Gasteiger charge is 2.13. The maximum Gasteiger partial charge on any atom is 0.0955 e. The van der Waals surface area contributed by atoms with Crippen LogP contribution in [0, 0.1) is 5.92 Å². The molecule has 0 fully saturated rings. The van der Waals surface area contributed by atoms with Gasteiger partial charge in [0.15, 0.2) is 0 Å². The molecule has 2 N–H and O–H groups in total. The molecule has 19 heavy (non-hydrogen) atoms. The molecular weight excluding hydrogens is 234 g/mol. The predicted octanol–water partition coefficient (Wildman–Crippen LogP) is 3.69. The van der Waals surface area contributed by atoms with E-state index in [1.807, 2.05) is 24.4 Å². The van der Waals surface area contributed by atoms with E-state index in [0.717, 1.165) is 29.7 Å². The lowest BCUT2D eigenvalue weighted by atomic mass is 10.1. The number of rotatable bonds is 5. The molecule has 0 amide bonds. The van der Waals surface area contributed by atoms with Crippen LogP contribution in [0.5, 0.6) is 0 Å². The minimum absolute atomic E-state index is 0.677. The van der Waals surface area contributed by atoms with E-state index in [4.69, 9.17) is 5.73 Å². The SMILES string of the molecule is CCC(C)CN(CC)c1ccc(N)c2cccnc12. The molecule has 0 spiro atoms. The zero-order valence-electron chi connectivity index (χ0n) is 12.1. The second-order valence-corrected chi connectivity index (χ2v) is 5.13. The van der Waals surface area contributed by atoms with Gasteiger partial charge in [-0.05, 0) is 37.1 Å². The maximum atomic E-state index is 6.04. The Labute approximate surface area is 115 Å². The largest absolute Gasteiger partial charge is 0.398 e. The first-order valence-corrected chi connectivity index (χ1v) is 7.05. The van der Waals surface area contributed by atoms with Gasteiger partial charge in [0.05, 0.1) is 11.2 Å². The van der Waals surface area contributed by atoms with Crippen molar-refractivity contribution in [2.45, 2.75) is 27.2 Å². The van der Waals surface area contributed by atoms with Crippen LogP contribution in [0.4, 0.5) is 11.4 Å². The Bertz CT molecular complexity index is 551. The van der Waals surface area contributed by atoms with Crippen LogP contribution in [0.1, 0.15) is 27.2 Å². The quantitative estimate of drug-likeness (QED) is 0.831. The first-order chi connectivity index (χ1) is 9.17. The summed E-state index contributed by atoms with van der Waals surface area (Å²) in [6.07, 6.45) is 3.03. The molecule has 0 bridgehead atoms. The molecule has 1 aromatic heterocycles. The average molecular weight is 257 g/mol. The molecule has 3 heteroatoms. The number of nitrogens with two attached hydrogens (primary N) is 1. The van der Waals surface area contributed by atoms with Crippen LogP contribution in [-0.4, -0.2) is 18.1 Å². The van der Waals surface area contributed by atoms with Gasteiger partial charge in [-0.1, -0.05) is 20.3 Å². The Kier molecular flexibility index (Phi) is 4.25. The van der Waals surface area contributed by atoms with Crippen molar-refractivity contribution in [1.82, 2.24) is 4.98 Å². The molecule has 102 valence electrons. The van der Waals surface area contributed by atoms with Crippen molar-refractivity contribution in [2.24, 2.45) is 5.92 Å². The second kappa shape index (κ2) is 5.91. The Balaban J connectivity index is 2.46. The molecule has 2 aromatic rings. The van der Waals surface area contributed by atoms with Gasteiger partial charge in [0.2, 0.25) is 0 Å². The van der Waals surface area contributed by atoms with Crippen molar-refractivity contribution in [2.75, 3.05) is 23.7 Å². The molecule has 1 heterocycles. The van der Waals surface area contributed by atoms with Gasteiger partial charge in [-0.3, -0.25) is 4.98 Å². The molecular formula is C16H23N3. The van der Waals surface area contributed by atoms with Crippen LogP contribution in [-0.2, 0) is 0 Å². The van der Waals surface area contributed by atoms with Crippen LogP contribution in [0.15, 0.2) is 30.5 Å². The minimum atomic E-state index is 0.677. The first kappa shape index (κ1) is 13.7. The summed E-state index contributed by atoms with van der Waals surface area (Å²) in [7, 11) is 0. The first-order valence-electron chi connectivity index (χ1n) is 7.05. The topological polar surface area (TPSA) is 42.1 Å². The number of nitrogen functional groups attached to an aromatic ring is 1. The van der Waals surface area contributed by atoms with E-state index < -0.39 is 0 Å². The van der Waals surface area contributed by atoms with Crippen LogP contribution < -0.4 is 10.6 Å². The molecule has 2 rings (SSSR count). The fourth-order valence-electron chi connectivity index (χ4n) is 2.34. The van der Waals surface area contributed by atoms with Crippen LogP contribution in [0.2, 0.25) is 0 Å². The Hall–Kier alpha value is -1.77. The molecule has 0 aliphatic carbocycles. The second-order valence-electron chi connectivity index (χ2n) is 5.13. The summed E-state index contributed by atoms with van der Waals surface area (Å²) in [5.41, 5.74) is 9.03. The lowest BCUT2D eigenvalue weighted by molar-refractivity contribution is 0.548. The molecule has 0 saturated carbocycles. The summed E-state index contributed by atoms with van der Waals surface area (Å²) >= 11 is 0. The van der Waals surface area contributed by atoms with E-state index in [1.165, 1.54) is 12.1 Å². The number of hydrogen-bond acceptors (Lipinski definition) is 3.